The lowest BCUT2D eigenvalue weighted by molar-refractivity contribution is -0.140. The molecule has 0 heterocycles. The molecule has 0 aliphatic carbocycles. The Hall–Kier alpha value is -3.83. The molecule has 0 saturated heterocycles. The second-order valence-corrected chi connectivity index (χ2v) is 12.5. The van der Waals surface area contributed by atoms with Crippen molar-refractivity contribution in [2.75, 3.05) is 31.6 Å². The van der Waals surface area contributed by atoms with Crippen LogP contribution in [0.3, 0.4) is 0 Å². The molecule has 0 bridgehead atoms. The summed E-state index contributed by atoms with van der Waals surface area (Å²) in [6, 6.07) is 14.8. The molecule has 0 aliphatic rings. The Labute approximate surface area is 257 Å². The highest BCUT2D eigenvalue weighted by Gasteiger charge is 2.34. The van der Waals surface area contributed by atoms with Crippen molar-refractivity contribution in [1.82, 2.24) is 10.2 Å². The predicted octanol–water partition coefficient (Wildman–Crippen LogP) is 5.27. The number of benzene rings is 3. The van der Waals surface area contributed by atoms with Gasteiger partial charge in [0, 0.05) is 24.2 Å². The van der Waals surface area contributed by atoms with Crippen molar-refractivity contribution in [3.8, 4) is 11.5 Å². The van der Waals surface area contributed by atoms with Gasteiger partial charge >= 0.3 is 0 Å². The summed E-state index contributed by atoms with van der Waals surface area (Å²) in [6.07, 6.45) is 0.264. The summed E-state index contributed by atoms with van der Waals surface area (Å²) in [5.74, 6) is -0.744. The van der Waals surface area contributed by atoms with Gasteiger partial charge in [-0.15, -0.1) is 0 Å². The van der Waals surface area contributed by atoms with E-state index in [2.05, 4.69) is 5.32 Å². The van der Waals surface area contributed by atoms with E-state index in [1.54, 1.807) is 6.92 Å². The molecule has 0 radical (unpaired) electrons. The summed E-state index contributed by atoms with van der Waals surface area (Å²) >= 11 is 6.08. The van der Waals surface area contributed by atoms with Gasteiger partial charge in [-0.2, -0.15) is 0 Å². The number of carbonyl (C=O) groups excluding carboxylic acids is 2. The highest BCUT2D eigenvalue weighted by Crippen LogP contribution is 2.32. The van der Waals surface area contributed by atoms with Crippen molar-refractivity contribution in [3.63, 3.8) is 0 Å². The van der Waals surface area contributed by atoms with E-state index in [1.807, 2.05) is 13.8 Å². The van der Waals surface area contributed by atoms with Crippen molar-refractivity contribution in [2.24, 2.45) is 5.92 Å². The van der Waals surface area contributed by atoms with E-state index in [0.29, 0.717) is 22.9 Å². The molecule has 0 aliphatic heterocycles. The van der Waals surface area contributed by atoms with Crippen LogP contribution in [-0.2, 0) is 26.2 Å². The van der Waals surface area contributed by atoms with Gasteiger partial charge < -0.3 is 19.7 Å². The number of sulfonamides is 1. The molecule has 43 heavy (non-hydrogen) atoms. The molecule has 1 N–H and O–H groups in total. The zero-order valence-corrected chi connectivity index (χ0v) is 26.4. The first-order valence-electron chi connectivity index (χ1n) is 13.7. The molecule has 0 aromatic heterocycles. The molecule has 3 aromatic rings. The molecular weight excluding hydrogens is 597 g/mol. The number of carbonyl (C=O) groups is 2. The molecule has 0 spiro atoms. The fourth-order valence-corrected chi connectivity index (χ4v) is 5.92. The standard InChI is InChI=1S/C31H37ClFN3O6S/c1-6-27(31(38)34-18-21(2)3)35(19-22-7-11-24(33)12-8-22)30(37)20-36(25-13-9-23(32)10-14-25)43(39,40)26-15-16-28(41-4)29(17-26)42-5/h7-17,21,27H,6,18-20H2,1-5H3,(H,34,38)/t27-/m1/s1. The number of anilines is 1. The summed E-state index contributed by atoms with van der Waals surface area (Å²) in [7, 11) is -1.53. The van der Waals surface area contributed by atoms with Gasteiger partial charge in [0.15, 0.2) is 11.5 Å². The maximum atomic E-state index is 14.1. The molecule has 232 valence electrons. The van der Waals surface area contributed by atoms with Gasteiger partial charge in [0.2, 0.25) is 11.8 Å². The summed E-state index contributed by atoms with van der Waals surface area (Å²) in [4.78, 5) is 28.6. The van der Waals surface area contributed by atoms with Crippen LogP contribution in [0.4, 0.5) is 10.1 Å². The Kier molecular flexibility index (Phi) is 11.8. The minimum Gasteiger partial charge on any atom is -0.493 e. The van der Waals surface area contributed by atoms with Gasteiger partial charge in [0.1, 0.15) is 18.4 Å². The third kappa shape index (κ3) is 8.61. The molecule has 0 unspecified atom stereocenters. The summed E-state index contributed by atoms with van der Waals surface area (Å²) in [5.41, 5.74) is 0.761. The normalized spacial score (nSPS) is 12.0. The second kappa shape index (κ2) is 15.1. The average molecular weight is 634 g/mol. The molecule has 9 nitrogen and oxygen atoms in total. The molecule has 0 fully saturated rings. The molecule has 12 heteroatoms. The lowest BCUT2D eigenvalue weighted by Crippen LogP contribution is -2.52. The minimum absolute atomic E-state index is 0.0441. The van der Waals surface area contributed by atoms with E-state index in [9.17, 15) is 22.4 Å². The van der Waals surface area contributed by atoms with Crippen LogP contribution in [0.2, 0.25) is 5.02 Å². The highest BCUT2D eigenvalue weighted by atomic mass is 35.5. The number of amides is 2. The predicted molar refractivity (Wildman–Crippen MR) is 164 cm³/mol. The zero-order valence-electron chi connectivity index (χ0n) is 24.8. The monoisotopic (exact) mass is 633 g/mol. The van der Waals surface area contributed by atoms with Crippen molar-refractivity contribution >= 4 is 39.1 Å². The van der Waals surface area contributed by atoms with E-state index < -0.39 is 34.3 Å². The van der Waals surface area contributed by atoms with Crippen LogP contribution in [0.25, 0.3) is 0 Å². The fraction of sp³-hybridized carbons (Fsp3) is 0.355. The smallest absolute Gasteiger partial charge is 0.264 e. The van der Waals surface area contributed by atoms with Crippen LogP contribution >= 0.6 is 11.6 Å². The average Bonchev–Trinajstić information content (AvgIpc) is 2.99. The van der Waals surface area contributed by atoms with E-state index in [0.717, 1.165) is 4.31 Å². The van der Waals surface area contributed by atoms with Gasteiger partial charge in [-0.3, -0.25) is 13.9 Å². The largest absolute Gasteiger partial charge is 0.493 e. The zero-order chi connectivity index (χ0) is 31.7. The van der Waals surface area contributed by atoms with E-state index in [4.69, 9.17) is 21.1 Å². The van der Waals surface area contributed by atoms with Crippen molar-refractivity contribution in [3.05, 3.63) is 83.1 Å². The van der Waals surface area contributed by atoms with Gasteiger partial charge in [-0.25, -0.2) is 12.8 Å². The molecule has 0 saturated carbocycles. The summed E-state index contributed by atoms with van der Waals surface area (Å²) in [6.45, 7) is 5.39. The first-order chi connectivity index (χ1) is 20.4. The topological polar surface area (TPSA) is 105 Å². The van der Waals surface area contributed by atoms with Crippen LogP contribution in [0.5, 0.6) is 11.5 Å². The number of hydrogen-bond donors (Lipinski definition) is 1. The van der Waals surface area contributed by atoms with Crippen LogP contribution in [-0.4, -0.2) is 58.5 Å². The van der Waals surface area contributed by atoms with Crippen LogP contribution in [0.1, 0.15) is 32.8 Å². The third-order valence-electron chi connectivity index (χ3n) is 6.67. The van der Waals surface area contributed by atoms with E-state index in [1.165, 1.54) is 85.8 Å². The van der Waals surface area contributed by atoms with Crippen molar-refractivity contribution in [1.29, 1.82) is 0 Å². The lowest BCUT2D eigenvalue weighted by atomic mass is 10.1. The van der Waals surface area contributed by atoms with Crippen LogP contribution in [0, 0.1) is 11.7 Å². The SMILES string of the molecule is CC[C@H](C(=O)NCC(C)C)N(Cc1ccc(F)cc1)C(=O)CN(c1ccc(Cl)cc1)S(=O)(=O)c1ccc(OC)c(OC)c1. The number of nitrogens with one attached hydrogen (secondary N) is 1. The molecule has 3 aromatic carbocycles. The van der Waals surface area contributed by atoms with Gasteiger partial charge in [0.25, 0.3) is 10.0 Å². The third-order valence-corrected chi connectivity index (χ3v) is 8.69. The first kappa shape index (κ1) is 33.7. The Morgan fingerprint density at radius 2 is 1.58 bits per heavy atom. The maximum absolute atomic E-state index is 14.1. The van der Waals surface area contributed by atoms with Crippen molar-refractivity contribution < 1.29 is 31.9 Å². The minimum atomic E-state index is -4.35. The molecular formula is C31H37ClFN3O6S. The number of hydrogen-bond acceptors (Lipinski definition) is 6. The molecule has 1 atom stereocenters. The van der Waals surface area contributed by atoms with E-state index in [-0.39, 0.29) is 41.1 Å². The second-order valence-electron chi connectivity index (χ2n) is 10.2. The number of methoxy groups -OCH3 is 2. The maximum Gasteiger partial charge on any atom is 0.264 e. The quantitative estimate of drug-likeness (QED) is 0.259. The highest BCUT2D eigenvalue weighted by molar-refractivity contribution is 7.92. The summed E-state index contributed by atoms with van der Waals surface area (Å²) < 4.78 is 53.4. The Balaban J connectivity index is 2.08. The van der Waals surface area contributed by atoms with Crippen molar-refractivity contribution in [2.45, 2.75) is 44.7 Å². The Bertz CT molecular complexity index is 1500. The van der Waals surface area contributed by atoms with Crippen LogP contribution in [0.15, 0.2) is 71.6 Å². The van der Waals surface area contributed by atoms with Gasteiger partial charge in [-0.05, 0) is 66.4 Å². The van der Waals surface area contributed by atoms with E-state index >= 15 is 0 Å². The van der Waals surface area contributed by atoms with Gasteiger partial charge in [-0.1, -0.05) is 44.5 Å². The number of halogens is 2. The fourth-order valence-electron chi connectivity index (χ4n) is 4.37. The summed E-state index contributed by atoms with van der Waals surface area (Å²) in [5, 5.41) is 3.25. The Morgan fingerprint density at radius 1 is 0.953 bits per heavy atom. The Morgan fingerprint density at radius 3 is 2.14 bits per heavy atom. The van der Waals surface area contributed by atoms with Gasteiger partial charge in [0.05, 0.1) is 24.8 Å². The number of rotatable bonds is 14. The number of nitrogens with zero attached hydrogens (tertiary/aromatic N) is 2. The first-order valence-corrected chi connectivity index (χ1v) is 15.5. The molecule has 2 amide bonds. The number of ether oxygens (including phenoxy) is 2. The van der Waals surface area contributed by atoms with Crippen LogP contribution < -0.4 is 19.1 Å². The lowest BCUT2D eigenvalue weighted by Gasteiger charge is -2.33. The molecule has 3 rings (SSSR count).